The summed E-state index contributed by atoms with van der Waals surface area (Å²) in [5.74, 6) is -1.22. The van der Waals surface area contributed by atoms with Crippen molar-refractivity contribution in [3.05, 3.63) is 35.9 Å². The summed E-state index contributed by atoms with van der Waals surface area (Å²) < 4.78 is 2.85. The molecule has 8 heteroatoms. The average molecular weight is 327 g/mol. The highest BCUT2D eigenvalue weighted by molar-refractivity contribution is 6.67. The Kier molecular flexibility index (Phi) is 5.72. The van der Waals surface area contributed by atoms with E-state index in [2.05, 4.69) is 10.1 Å². The molecule has 1 amide bonds. The fraction of sp³-hybridized carbons (Fsp3) is 0.273. The standard InChI is InChI=1S/C11H10Cl3NO4/c12-11(13,14)6-19-10(18)15-8(9(16)17)7-4-2-1-3-5-7/h1-5,8H,6H2,(H,15,18)(H,16,17). The highest BCUT2D eigenvalue weighted by atomic mass is 35.6. The Balaban J connectivity index is 2.65. The number of carboxylic acids is 1. The molecule has 0 heterocycles. The van der Waals surface area contributed by atoms with Gasteiger partial charge in [0.05, 0.1) is 0 Å². The molecule has 0 aliphatic rings. The third kappa shape index (κ3) is 6.00. The number of carbonyl (C=O) groups is 2. The van der Waals surface area contributed by atoms with E-state index in [1.165, 1.54) is 0 Å². The summed E-state index contributed by atoms with van der Waals surface area (Å²) in [5.41, 5.74) is 0.404. The Morgan fingerprint density at radius 1 is 1.26 bits per heavy atom. The van der Waals surface area contributed by atoms with Crippen LogP contribution in [0, 0.1) is 0 Å². The maximum Gasteiger partial charge on any atom is 0.408 e. The predicted octanol–water partition coefficient (Wildman–Crippen LogP) is 2.91. The summed E-state index contributed by atoms with van der Waals surface area (Å²) in [6.07, 6.45) is -0.984. The minimum Gasteiger partial charge on any atom is -0.479 e. The third-order valence-corrected chi connectivity index (χ3v) is 2.34. The van der Waals surface area contributed by atoms with Crippen LogP contribution in [0.25, 0.3) is 0 Å². The number of nitrogens with one attached hydrogen (secondary N) is 1. The first-order valence-electron chi connectivity index (χ1n) is 5.07. The van der Waals surface area contributed by atoms with Crippen molar-refractivity contribution in [2.24, 2.45) is 0 Å². The summed E-state index contributed by atoms with van der Waals surface area (Å²) in [6.45, 7) is -0.482. The van der Waals surface area contributed by atoms with Crippen molar-refractivity contribution in [3.63, 3.8) is 0 Å². The minimum absolute atomic E-state index is 0.404. The van der Waals surface area contributed by atoms with Gasteiger partial charge < -0.3 is 15.2 Å². The summed E-state index contributed by atoms with van der Waals surface area (Å²) >= 11 is 16.2. The van der Waals surface area contributed by atoms with Gasteiger partial charge >= 0.3 is 12.1 Å². The largest absolute Gasteiger partial charge is 0.479 e. The van der Waals surface area contributed by atoms with E-state index in [1.807, 2.05) is 0 Å². The smallest absolute Gasteiger partial charge is 0.408 e. The van der Waals surface area contributed by atoms with Crippen LogP contribution in [-0.4, -0.2) is 27.6 Å². The van der Waals surface area contributed by atoms with E-state index < -0.39 is 28.5 Å². The second-order valence-electron chi connectivity index (χ2n) is 3.52. The van der Waals surface area contributed by atoms with Gasteiger partial charge in [-0.1, -0.05) is 65.1 Å². The molecule has 1 rings (SSSR count). The molecule has 19 heavy (non-hydrogen) atoms. The summed E-state index contributed by atoms with van der Waals surface area (Å²) in [6, 6.07) is 6.93. The van der Waals surface area contributed by atoms with E-state index >= 15 is 0 Å². The quantitative estimate of drug-likeness (QED) is 0.834. The molecule has 0 saturated heterocycles. The Hall–Kier alpha value is -1.17. The second-order valence-corrected chi connectivity index (χ2v) is 6.03. The molecule has 0 spiro atoms. The number of carbonyl (C=O) groups excluding carboxylic acids is 1. The van der Waals surface area contributed by atoms with Gasteiger partial charge in [-0.2, -0.15) is 0 Å². The van der Waals surface area contributed by atoms with Crippen LogP contribution in [-0.2, 0) is 9.53 Å². The molecule has 5 nitrogen and oxygen atoms in total. The molecule has 0 aliphatic heterocycles. The van der Waals surface area contributed by atoms with Crippen molar-refractivity contribution >= 4 is 46.9 Å². The van der Waals surface area contributed by atoms with Crippen LogP contribution in [0.1, 0.15) is 11.6 Å². The first-order chi connectivity index (χ1) is 8.79. The van der Waals surface area contributed by atoms with Crippen LogP contribution in [0.2, 0.25) is 0 Å². The Bertz CT molecular complexity index is 447. The summed E-state index contributed by atoms with van der Waals surface area (Å²) in [5, 5.41) is 11.2. The maximum absolute atomic E-state index is 11.4. The highest BCUT2D eigenvalue weighted by Crippen LogP contribution is 2.26. The number of halogens is 3. The average Bonchev–Trinajstić information content (AvgIpc) is 2.33. The van der Waals surface area contributed by atoms with Crippen molar-refractivity contribution in [2.45, 2.75) is 9.83 Å². The van der Waals surface area contributed by atoms with Gasteiger partial charge in [-0.15, -0.1) is 0 Å². The topological polar surface area (TPSA) is 75.6 Å². The summed E-state index contributed by atoms with van der Waals surface area (Å²) in [7, 11) is 0. The van der Waals surface area contributed by atoms with Gasteiger partial charge in [-0.05, 0) is 5.56 Å². The van der Waals surface area contributed by atoms with Crippen LogP contribution in [0.4, 0.5) is 4.79 Å². The molecule has 0 radical (unpaired) electrons. The van der Waals surface area contributed by atoms with Crippen molar-refractivity contribution < 1.29 is 19.4 Å². The van der Waals surface area contributed by atoms with Gasteiger partial charge in [0, 0.05) is 0 Å². The zero-order valence-electron chi connectivity index (χ0n) is 9.48. The van der Waals surface area contributed by atoms with Gasteiger partial charge in [0.25, 0.3) is 0 Å². The van der Waals surface area contributed by atoms with Gasteiger partial charge in [-0.3, -0.25) is 0 Å². The highest BCUT2D eigenvalue weighted by Gasteiger charge is 2.26. The molecule has 0 saturated carbocycles. The number of benzene rings is 1. The molecule has 1 aromatic rings. The fourth-order valence-electron chi connectivity index (χ4n) is 1.24. The maximum atomic E-state index is 11.4. The lowest BCUT2D eigenvalue weighted by atomic mass is 10.1. The molecule has 0 aromatic heterocycles. The van der Waals surface area contributed by atoms with Crippen molar-refractivity contribution in [1.29, 1.82) is 0 Å². The van der Waals surface area contributed by atoms with E-state index in [0.29, 0.717) is 5.56 Å². The van der Waals surface area contributed by atoms with E-state index in [9.17, 15) is 9.59 Å². The van der Waals surface area contributed by atoms with E-state index in [-0.39, 0.29) is 0 Å². The lowest BCUT2D eigenvalue weighted by Crippen LogP contribution is -2.35. The summed E-state index contributed by atoms with van der Waals surface area (Å²) in [4.78, 5) is 22.5. The number of alkyl halides is 3. The van der Waals surface area contributed by atoms with Gasteiger partial charge in [-0.25, -0.2) is 9.59 Å². The predicted molar refractivity (Wildman–Crippen MR) is 71.6 cm³/mol. The van der Waals surface area contributed by atoms with Crippen LogP contribution in [0.15, 0.2) is 30.3 Å². The Labute approximate surface area is 124 Å². The first kappa shape index (κ1) is 15.9. The SMILES string of the molecule is O=C(NC(C(=O)O)c1ccccc1)OCC(Cl)(Cl)Cl. The molecular formula is C11H10Cl3NO4. The van der Waals surface area contributed by atoms with Crippen LogP contribution < -0.4 is 5.32 Å². The first-order valence-corrected chi connectivity index (χ1v) is 6.21. The van der Waals surface area contributed by atoms with Gasteiger partial charge in [0.1, 0.15) is 6.61 Å². The minimum atomic E-state index is -1.75. The molecule has 1 atom stereocenters. The normalized spacial score (nSPS) is 12.6. The van der Waals surface area contributed by atoms with Crippen molar-refractivity contribution in [3.8, 4) is 0 Å². The number of amides is 1. The molecule has 1 unspecified atom stereocenters. The zero-order valence-corrected chi connectivity index (χ0v) is 11.7. The lowest BCUT2D eigenvalue weighted by Gasteiger charge is -2.16. The number of ether oxygens (including phenoxy) is 1. The third-order valence-electron chi connectivity index (χ3n) is 2.01. The lowest BCUT2D eigenvalue weighted by molar-refractivity contribution is -0.139. The monoisotopic (exact) mass is 325 g/mol. The molecule has 1 aromatic carbocycles. The van der Waals surface area contributed by atoms with E-state index in [0.717, 1.165) is 0 Å². The van der Waals surface area contributed by atoms with Crippen molar-refractivity contribution in [1.82, 2.24) is 5.32 Å². The molecule has 0 fully saturated rings. The molecule has 104 valence electrons. The molecule has 2 N–H and O–H groups in total. The second kappa shape index (κ2) is 6.84. The number of carboxylic acid groups (broad SMARTS) is 1. The number of hydrogen-bond donors (Lipinski definition) is 2. The zero-order chi connectivity index (χ0) is 14.5. The number of aliphatic carboxylic acids is 1. The van der Waals surface area contributed by atoms with Crippen molar-refractivity contribution in [2.75, 3.05) is 6.61 Å². The number of rotatable bonds is 4. The number of hydrogen-bond acceptors (Lipinski definition) is 3. The molecule has 0 bridgehead atoms. The van der Waals surface area contributed by atoms with Crippen LogP contribution >= 0.6 is 34.8 Å². The van der Waals surface area contributed by atoms with E-state index in [1.54, 1.807) is 30.3 Å². The molecule has 0 aliphatic carbocycles. The fourth-order valence-corrected chi connectivity index (χ4v) is 1.40. The van der Waals surface area contributed by atoms with E-state index in [4.69, 9.17) is 39.9 Å². The molecular weight excluding hydrogens is 316 g/mol. The Morgan fingerprint density at radius 2 is 1.84 bits per heavy atom. The number of alkyl carbamates (subject to hydrolysis) is 1. The Morgan fingerprint density at radius 3 is 2.32 bits per heavy atom. The van der Waals surface area contributed by atoms with Crippen LogP contribution in [0.5, 0.6) is 0 Å². The van der Waals surface area contributed by atoms with Crippen LogP contribution in [0.3, 0.4) is 0 Å². The van der Waals surface area contributed by atoms with Gasteiger partial charge in [0.15, 0.2) is 6.04 Å². The van der Waals surface area contributed by atoms with Gasteiger partial charge in [0.2, 0.25) is 3.79 Å².